The summed E-state index contributed by atoms with van der Waals surface area (Å²) in [5.41, 5.74) is 0.329. The number of aromatic nitrogens is 1. The van der Waals surface area contributed by atoms with Gasteiger partial charge >= 0.3 is 0 Å². The van der Waals surface area contributed by atoms with E-state index in [2.05, 4.69) is 4.98 Å². The van der Waals surface area contributed by atoms with Crippen LogP contribution in [0.5, 0.6) is 5.88 Å². The van der Waals surface area contributed by atoms with Crippen LogP contribution in [0.3, 0.4) is 0 Å². The number of pyridine rings is 1. The molecule has 78 valence electrons. The highest BCUT2D eigenvalue weighted by Gasteiger charge is 2.17. The summed E-state index contributed by atoms with van der Waals surface area (Å²) in [5, 5.41) is 0. The lowest BCUT2D eigenvalue weighted by Crippen LogP contribution is -2.00. The van der Waals surface area contributed by atoms with Crippen LogP contribution < -0.4 is 4.74 Å². The summed E-state index contributed by atoms with van der Waals surface area (Å²) in [5.74, 6) is 0.256. The van der Waals surface area contributed by atoms with E-state index in [1.54, 1.807) is 22.6 Å². The molecule has 0 saturated heterocycles. The molecule has 1 rings (SSSR count). The van der Waals surface area contributed by atoms with Gasteiger partial charge in [-0.25, -0.2) is 13.8 Å². The van der Waals surface area contributed by atoms with Crippen LogP contribution in [0.1, 0.15) is 17.7 Å². The molecule has 0 unspecified atom stereocenters. The van der Waals surface area contributed by atoms with Crippen molar-refractivity contribution in [1.82, 2.24) is 4.98 Å². The van der Waals surface area contributed by atoms with E-state index < -0.39 is 6.43 Å². The fourth-order valence-corrected chi connectivity index (χ4v) is 2.05. The standard InChI is InChI=1S/C8H7ClF2INO/c1-14-6-2-4(8(10)11)7(12)5(3-9)13-6/h2,8H,3H2,1H3. The third-order valence-electron chi connectivity index (χ3n) is 1.60. The van der Waals surface area contributed by atoms with Crippen LogP contribution in [0.15, 0.2) is 6.07 Å². The molecule has 0 N–H and O–H groups in total. The molecular weight excluding hydrogens is 326 g/mol. The minimum Gasteiger partial charge on any atom is -0.481 e. The van der Waals surface area contributed by atoms with Gasteiger partial charge < -0.3 is 4.74 Å². The highest BCUT2D eigenvalue weighted by molar-refractivity contribution is 14.1. The topological polar surface area (TPSA) is 22.1 Å². The lowest BCUT2D eigenvalue weighted by atomic mass is 10.2. The molecule has 14 heavy (non-hydrogen) atoms. The predicted octanol–water partition coefficient (Wildman–Crippen LogP) is 3.37. The van der Waals surface area contributed by atoms with Crippen molar-refractivity contribution >= 4 is 34.2 Å². The Morgan fingerprint density at radius 2 is 2.29 bits per heavy atom. The van der Waals surface area contributed by atoms with Gasteiger partial charge in [-0.3, -0.25) is 0 Å². The van der Waals surface area contributed by atoms with E-state index >= 15 is 0 Å². The third kappa shape index (κ3) is 2.44. The van der Waals surface area contributed by atoms with E-state index in [1.807, 2.05) is 0 Å². The zero-order valence-electron chi connectivity index (χ0n) is 7.23. The van der Waals surface area contributed by atoms with Crippen molar-refractivity contribution in [3.8, 4) is 5.88 Å². The summed E-state index contributed by atoms with van der Waals surface area (Å²) in [6.07, 6.45) is -2.54. The first-order valence-corrected chi connectivity index (χ1v) is 5.29. The number of halogens is 4. The number of rotatable bonds is 3. The molecule has 1 heterocycles. The molecule has 0 aliphatic rings. The van der Waals surface area contributed by atoms with Gasteiger partial charge in [0.2, 0.25) is 5.88 Å². The van der Waals surface area contributed by atoms with E-state index in [9.17, 15) is 8.78 Å². The lowest BCUT2D eigenvalue weighted by molar-refractivity contribution is 0.149. The summed E-state index contributed by atoms with van der Waals surface area (Å²) >= 11 is 7.38. The van der Waals surface area contributed by atoms with Crippen molar-refractivity contribution in [2.75, 3.05) is 7.11 Å². The molecule has 0 aromatic carbocycles. The number of hydrogen-bond donors (Lipinski definition) is 0. The number of alkyl halides is 3. The fraction of sp³-hybridized carbons (Fsp3) is 0.375. The van der Waals surface area contributed by atoms with Crippen LogP contribution in [0.25, 0.3) is 0 Å². The number of methoxy groups -OCH3 is 1. The summed E-state index contributed by atoms with van der Waals surface area (Å²) in [6.45, 7) is 0. The molecule has 0 aliphatic heterocycles. The number of nitrogens with zero attached hydrogens (tertiary/aromatic N) is 1. The summed E-state index contributed by atoms with van der Waals surface area (Å²) < 4.78 is 30.3. The number of hydrogen-bond acceptors (Lipinski definition) is 2. The monoisotopic (exact) mass is 333 g/mol. The van der Waals surface area contributed by atoms with Crippen LogP contribution in [-0.4, -0.2) is 12.1 Å². The second kappa shape index (κ2) is 5.06. The van der Waals surface area contributed by atoms with Crippen molar-refractivity contribution < 1.29 is 13.5 Å². The van der Waals surface area contributed by atoms with E-state index in [1.165, 1.54) is 13.2 Å². The second-order valence-corrected chi connectivity index (χ2v) is 3.79. The molecular formula is C8H7ClF2INO. The third-order valence-corrected chi connectivity index (χ3v) is 3.10. The summed E-state index contributed by atoms with van der Waals surface area (Å²) in [4.78, 5) is 3.96. The van der Waals surface area contributed by atoms with Gasteiger partial charge in [-0.15, -0.1) is 11.6 Å². The summed E-state index contributed by atoms with van der Waals surface area (Å²) in [7, 11) is 1.38. The van der Waals surface area contributed by atoms with Crippen molar-refractivity contribution in [2.45, 2.75) is 12.3 Å². The quantitative estimate of drug-likeness (QED) is 0.625. The Balaban J connectivity index is 3.27. The zero-order valence-corrected chi connectivity index (χ0v) is 10.1. The Hall–Kier alpha value is -0.170. The minimum absolute atomic E-state index is 0.0897. The molecule has 0 aliphatic carbocycles. The molecule has 0 amide bonds. The maximum Gasteiger partial charge on any atom is 0.265 e. The van der Waals surface area contributed by atoms with Crippen LogP contribution >= 0.6 is 34.2 Å². The molecule has 0 spiro atoms. The van der Waals surface area contributed by atoms with Crippen LogP contribution in [-0.2, 0) is 5.88 Å². The van der Waals surface area contributed by atoms with Crippen LogP contribution in [0, 0.1) is 3.57 Å². The number of ether oxygens (including phenoxy) is 1. The van der Waals surface area contributed by atoms with Gasteiger partial charge in [-0.05, 0) is 22.6 Å². The van der Waals surface area contributed by atoms with Crippen molar-refractivity contribution in [3.63, 3.8) is 0 Å². The highest BCUT2D eigenvalue weighted by atomic mass is 127. The largest absolute Gasteiger partial charge is 0.481 e. The molecule has 0 radical (unpaired) electrons. The molecule has 0 bridgehead atoms. The smallest absolute Gasteiger partial charge is 0.265 e. The first-order valence-electron chi connectivity index (χ1n) is 3.67. The first-order chi connectivity index (χ1) is 6.60. The maximum atomic E-state index is 12.5. The molecule has 1 aromatic heterocycles. The van der Waals surface area contributed by atoms with Crippen LogP contribution in [0.4, 0.5) is 8.78 Å². The predicted molar refractivity (Wildman–Crippen MR) is 58.0 cm³/mol. The van der Waals surface area contributed by atoms with Crippen molar-refractivity contribution in [1.29, 1.82) is 0 Å². The van der Waals surface area contributed by atoms with Crippen molar-refractivity contribution in [2.24, 2.45) is 0 Å². The van der Waals surface area contributed by atoms with Gasteiger partial charge in [0.1, 0.15) is 0 Å². The van der Waals surface area contributed by atoms with Gasteiger partial charge in [-0.2, -0.15) is 0 Å². The Bertz CT molecular complexity index is 335. The van der Waals surface area contributed by atoms with E-state index in [0.29, 0.717) is 9.26 Å². The SMILES string of the molecule is COc1cc(C(F)F)c(I)c(CCl)n1. The Kier molecular flexibility index (Phi) is 4.31. The van der Waals surface area contributed by atoms with E-state index in [0.717, 1.165) is 0 Å². The first kappa shape index (κ1) is 11.9. The maximum absolute atomic E-state index is 12.5. The van der Waals surface area contributed by atoms with Gasteiger partial charge in [0.05, 0.1) is 18.7 Å². The molecule has 1 aromatic rings. The Labute approximate surface area is 98.8 Å². The molecule has 0 saturated carbocycles. The fourth-order valence-electron chi connectivity index (χ4n) is 0.929. The highest BCUT2D eigenvalue weighted by Crippen LogP contribution is 2.29. The molecule has 2 nitrogen and oxygen atoms in total. The van der Waals surface area contributed by atoms with Gasteiger partial charge in [-0.1, -0.05) is 0 Å². The van der Waals surface area contributed by atoms with Gasteiger partial charge in [0, 0.05) is 15.2 Å². The van der Waals surface area contributed by atoms with Crippen LogP contribution in [0.2, 0.25) is 0 Å². The van der Waals surface area contributed by atoms with Gasteiger partial charge in [0.15, 0.2) is 0 Å². The lowest BCUT2D eigenvalue weighted by Gasteiger charge is -2.09. The normalized spacial score (nSPS) is 10.7. The molecule has 0 atom stereocenters. The van der Waals surface area contributed by atoms with Crippen molar-refractivity contribution in [3.05, 3.63) is 20.9 Å². The average Bonchev–Trinajstić information content (AvgIpc) is 2.17. The Morgan fingerprint density at radius 1 is 1.64 bits per heavy atom. The van der Waals surface area contributed by atoms with Gasteiger partial charge in [0.25, 0.3) is 6.43 Å². The van der Waals surface area contributed by atoms with E-state index in [-0.39, 0.29) is 17.3 Å². The summed E-state index contributed by atoms with van der Waals surface area (Å²) in [6, 6.07) is 1.22. The molecule has 6 heteroatoms. The second-order valence-electron chi connectivity index (χ2n) is 2.45. The average molecular weight is 334 g/mol. The molecule has 0 fully saturated rings. The van der Waals surface area contributed by atoms with E-state index in [4.69, 9.17) is 16.3 Å². The zero-order chi connectivity index (χ0) is 10.7. The minimum atomic E-state index is -2.54. The Morgan fingerprint density at radius 3 is 2.71 bits per heavy atom.